The third kappa shape index (κ3) is 3.39. The van der Waals surface area contributed by atoms with Crippen molar-refractivity contribution in [3.05, 3.63) is 75.0 Å². The first-order chi connectivity index (χ1) is 15.1. The second-order valence-electron chi connectivity index (χ2n) is 7.67. The molecule has 0 radical (unpaired) electrons. The molecule has 2 bridgehead atoms. The Hall–Kier alpha value is -3.76. The van der Waals surface area contributed by atoms with Crippen LogP contribution in [0.5, 0.6) is 5.75 Å². The average Bonchev–Trinajstić information content (AvgIpc) is 2.85. The van der Waals surface area contributed by atoms with E-state index >= 15 is 0 Å². The molecule has 0 saturated heterocycles. The maximum atomic E-state index is 13.8. The third-order valence-corrected chi connectivity index (χ3v) is 5.61. The van der Waals surface area contributed by atoms with Gasteiger partial charge in [0.15, 0.2) is 11.4 Å². The molecule has 2 amide bonds. The lowest BCUT2D eigenvalue weighted by Crippen LogP contribution is -2.57. The molecular formula is C21H19F3N4O4. The highest BCUT2D eigenvalue weighted by Gasteiger charge is 2.38. The summed E-state index contributed by atoms with van der Waals surface area (Å²) in [6.07, 6.45) is 4.78. The van der Waals surface area contributed by atoms with E-state index in [9.17, 15) is 32.7 Å². The summed E-state index contributed by atoms with van der Waals surface area (Å²) in [6, 6.07) is 0.421. The highest BCUT2D eigenvalue weighted by atomic mass is 19.1. The van der Waals surface area contributed by atoms with Gasteiger partial charge in [0.2, 0.25) is 5.43 Å². The number of amides is 2. The maximum Gasteiger partial charge on any atom is 0.278 e. The van der Waals surface area contributed by atoms with Crippen molar-refractivity contribution in [3.63, 3.8) is 0 Å². The molecule has 0 spiro atoms. The van der Waals surface area contributed by atoms with Gasteiger partial charge in [0.1, 0.15) is 29.7 Å². The van der Waals surface area contributed by atoms with E-state index in [1.807, 2.05) is 19.1 Å². The molecule has 0 saturated carbocycles. The van der Waals surface area contributed by atoms with Crippen molar-refractivity contribution in [1.29, 1.82) is 0 Å². The van der Waals surface area contributed by atoms with Crippen LogP contribution < -0.4 is 15.8 Å². The monoisotopic (exact) mass is 448 g/mol. The minimum absolute atomic E-state index is 0.149. The van der Waals surface area contributed by atoms with E-state index in [4.69, 9.17) is 0 Å². The Morgan fingerprint density at radius 2 is 1.75 bits per heavy atom. The molecule has 2 N–H and O–H groups in total. The summed E-state index contributed by atoms with van der Waals surface area (Å²) < 4.78 is 42.0. The second kappa shape index (κ2) is 7.74. The molecule has 8 nitrogen and oxygen atoms in total. The molecule has 4 rings (SSSR count). The predicted molar refractivity (Wildman–Crippen MR) is 107 cm³/mol. The largest absolute Gasteiger partial charge is 0.502 e. The van der Waals surface area contributed by atoms with Crippen molar-refractivity contribution < 1.29 is 27.9 Å². The fourth-order valence-electron chi connectivity index (χ4n) is 3.75. The number of hydrogen-bond acceptors (Lipinski definition) is 5. The van der Waals surface area contributed by atoms with Gasteiger partial charge in [-0.1, -0.05) is 12.2 Å². The summed E-state index contributed by atoms with van der Waals surface area (Å²) in [4.78, 5) is 39.7. The van der Waals surface area contributed by atoms with Crippen LogP contribution in [0.15, 0.2) is 35.3 Å². The molecular weight excluding hydrogens is 429 g/mol. The molecule has 168 valence electrons. The molecule has 2 aromatic rings. The number of aromatic nitrogens is 1. The number of carbonyl (C=O) groups excluding carboxylic acids is 2. The van der Waals surface area contributed by atoms with E-state index in [0.717, 1.165) is 6.20 Å². The van der Waals surface area contributed by atoms with Crippen LogP contribution >= 0.6 is 0 Å². The Balaban J connectivity index is 1.71. The van der Waals surface area contributed by atoms with Gasteiger partial charge in [-0.05, 0) is 13.8 Å². The number of carbonyl (C=O) groups is 2. The highest BCUT2D eigenvalue weighted by Crippen LogP contribution is 2.26. The number of rotatable bonds is 3. The van der Waals surface area contributed by atoms with Gasteiger partial charge in [-0.25, -0.2) is 13.2 Å². The SMILES string of the molecule is C[C@H]1C=C[C@H](C)N2CN1C(=O)c1c(O)c(=O)c(C(=O)NCc3c(F)cc(F)cc3F)cn12. The lowest BCUT2D eigenvalue weighted by Gasteiger charge is -2.41. The lowest BCUT2D eigenvalue weighted by molar-refractivity contribution is 0.0652. The Kier molecular flexibility index (Phi) is 5.19. The second-order valence-corrected chi connectivity index (χ2v) is 7.67. The van der Waals surface area contributed by atoms with Gasteiger partial charge < -0.3 is 15.3 Å². The van der Waals surface area contributed by atoms with E-state index in [1.54, 1.807) is 11.9 Å². The summed E-state index contributed by atoms with van der Waals surface area (Å²) in [5.41, 5.74) is -2.50. The van der Waals surface area contributed by atoms with Crippen molar-refractivity contribution in [3.8, 4) is 5.75 Å². The molecule has 2 aliphatic rings. The van der Waals surface area contributed by atoms with Crippen LogP contribution in [0.4, 0.5) is 13.2 Å². The normalized spacial score (nSPS) is 19.6. The van der Waals surface area contributed by atoms with Crippen LogP contribution in [-0.2, 0) is 6.54 Å². The molecule has 2 atom stereocenters. The van der Waals surface area contributed by atoms with Gasteiger partial charge in [0.25, 0.3) is 11.8 Å². The lowest BCUT2D eigenvalue weighted by atomic mass is 10.1. The summed E-state index contributed by atoms with van der Waals surface area (Å²) >= 11 is 0. The molecule has 1 aromatic carbocycles. The van der Waals surface area contributed by atoms with Crippen LogP contribution in [0.3, 0.4) is 0 Å². The zero-order valence-corrected chi connectivity index (χ0v) is 17.1. The topological polar surface area (TPSA) is 94.9 Å². The molecule has 0 aliphatic carbocycles. The van der Waals surface area contributed by atoms with E-state index < -0.39 is 58.1 Å². The van der Waals surface area contributed by atoms with Crippen LogP contribution in [0.2, 0.25) is 0 Å². The Morgan fingerprint density at radius 1 is 1.12 bits per heavy atom. The Labute approximate surface area is 180 Å². The Bertz CT molecular complexity index is 1200. The molecule has 0 fully saturated rings. The zero-order chi connectivity index (χ0) is 23.3. The molecule has 32 heavy (non-hydrogen) atoms. The van der Waals surface area contributed by atoms with Gasteiger partial charge in [-0.15, -0.1) is 0 Å². The van der Waals surface area contributed by atoms with Gasteiger partial charge in [0, 0.05) is 36.5 Å². The maximum absolute atomic E-state index is 13.8. The molecule has 3 heterocycles. The number of pyridine rings is 1. The van der Waals surface area contributed by atoms with Crippen molar-refractivity contribution in [2.45, 2.75) is 32.5 Å². The average molecular weight is 448 g/mol. The third-order valence-electron chi connectivity index (χ3n) is 5.61. The van der Waals surface area contributed by atoms with Crippen molar-refractivity contribution in [1.82, 2.24) is 14.9 Å². The molecule has 11 heteroatoms. The van der Waals surface area contributed by atoms with Crippen LogP contribution in [0.1, 0.15) is 40.3 Å². The number of halogens is 3. The summed E-state index contributed by atoms with van der Waals surface area (Å²) in [5.74, 6) is -6.01. The van der Waals surface area contributed by atoms with Crippen molar-refractivity contribution >= 4 is 11.8 Å². The Morgan fingerprint density at radius 3 is 2.41 bits per heavy atom. The minimum atomic E-state index is -1.20. The first-order valence-corrected chi connectivity index (χ1v) is 9.76. The van der Waals surface area contributed by atoms with E-state index in [2.05, 4.69) is 5.32 Å². The van der Waals surface area contributed by atoms with Gasteiger partial charge in [0.05, 0.1) is 6.04 Å². The highest BCUT2D eigenvalue weighted by molar-refractivity contribution is 5.99. The number of hydrogen-bond donors (Lipinski definition) is 2. The van der Waals surface area contributed by atoms with Gasteiger partial charge in [-0.2, -0.15) is 0 Å². The van der Waals surface area contributed by atoms with Crippen molar-refractivity contribution in [2.24, 2.45) is 0 Å². The van der Waals surface area contributed by atoms with Crippen molar-refractivity contribution in [2.75, 3.05) is 11.7 Å². The van der Waals surface area contributed by atoms with E-state index in [-0.39, 0.29) is 24.4 Å². The number of aromatic hydroxyl groups is 1. The van der Waals surface area contributed by atoms with Crippen LogP contribution in [-0.4, -0.2) is 45.2 Å². The molecule has 1 aromatic heterocycles. The van der Waals surface area contributed by atoms with Gasteiger partial charge in [-0.3, -0.25) is 24.1 Å². The first kappa shape index (κ1) is 21.5. The van der Waals surface area contributed by atoms with E-state index in [0.29, 0.717) is 12.1 Å². The fourth-order valence-corrected chi connectivity index (χ4v) is 3.75. The quantitative estimate of drug-likeness (QED) is 0.696. The first-order valence-electron chi connectivity index (χ1n) is 9.76. The summed E-state index contributed by atoms with van der Waals surface area (Å²) in [6.45, 7) is 3.12. The van der Waals surface area contributed by atoms with Gasteiger partial charge >= 0.3 is 0 Å². The molecule has 2 aliphatic heterocycles. The standard InChI is InChI=1S/C21H19F3N4O4/c1-10-3-4-11(2)28-9-26(10)21(32)17-19(30)18(29)14(8-27(17)28)20(31)25-7-13-15(23)5-12(22)6-16(13)24/h3-6,8,10-11,30H,7,9H2,1-2H3,(H,25,31)/t10-,11-/m0/s1. The van der Waals surface area contributed by atoms with Crippen LogP contribution in [0, 0.1) is 17.5 Å². The number of nitrogens with one attached hydrogen (secondary N) is 1. The summed E-state index contributed by atoms with van der Waals surface area (Å²) in [5, 5.41) is 14.4. The molecule has 0 unspecified atom stereocenters. The predicted octanol–water partition coefficient (Wildman–Crippen LogP) is 1.60. The number of fused-ring (bicyclic) bond motifs is 4. The number of nitrogens with zero attached hydrogens (tertiary/aromatic N) is 3. The minimum Gasteiger partial charge on any atom is -0.502 e. The zero-order valence-electron chi connectivity index (χ0n) is 17.1. The fraction of sp³-hybridized carbons (Fsp3) is 0.286. The van der Waals surface area contributed by atoms with Crippen LogP contribution in [0.25, 0.3) is 0 Å². The number of benzene rings is 1. The van der Waals surface area contributed by atoms with E-state index in [1.165, 1.54) is 9.58 Å². The summed E-state index contributed by atoms with van der Waals surface area (Å²) in [7, 11) is 0. The smallest absolute Gasteiger partial charge is 0.278 e.